The van der Waals surface area contributed by atoms with Crippen LogP contribution in [0.4, 0.5) is 17.3 Å². The number of ether oxygens (including phenoxy) is 1. The molecule has 1 saturated heterocycles. The molecule has 3 aromatic rings. The smallest absolute Gasteiger partial charge is 0.337 e. The number of aliphatic imine (C=N–C) groups is 1. The van der Waals surface area contributed by atoms with Crippen molar-refractivity contribution in [2.75, 3.05) is 48.8 Å². The molecule has 10 heteroatoms. The van der Waals surface area contributed by atoms with Crippen molar-refractivity contribution in [2.45, 2.75) is 13.8 Å². The summed E-state index contributed by atoms with van der Waals surface area (Å²) in [5.74, 6) is 0.662. The number of methoxy groups -OCH3 is 1. The van der Waals surface area contributed by atoms with Gasteiger partial charge in [-0.2, -0.15) is 4.99 Å². The Bertz CT molecular complexity index is 1220. The van der Waals surface area contributed by atoms with E-state index in [2.05, 4.69) is 59.7 Å². The summed E-state index contributed by atoms with van der Waals surface area (Å²) in [6, 6.07) is 19.1. The third kappa shape index (κ3) is 6.54. The third-order valence-corrected chi connectivity index (χ3v) is 5.86. The first-order valence-corrected chi connectivity index (χ1v) is 12.0. The number of piperazine rings is 1. The fourth-order valence-electron chi connectivity index (χ4n) is 3.93. The monoisotopic (exact) mass is 503 g/mol. The van der Waals surface area contributed by atoms with Gasteiger partial charge in [0.2, 0.25) is 17.0 Å². The van der Waals surface area contributed by atoms with E-state index in [1.54, 1.807) is 24.3 Å². The summed E-state index contributed by atoms with van der Waals surface area (Å²) < 4.78 is 4.75. The number of guanidine groups is 1. The predicted octanol–water partition coefficient (Wildman–Crippen LogP) is 3.87. The lowest BCUT2D eigenvalue weighted by molar-refractivity contribution is 0.0601. The molecule has 4 rings (SSSR count). The summed E-state index contributed by atoms with van der Waals surface area (Å²) in [5.41, 5.74) is 4.11. The minimum Gasteiger partial charge on any atom is -0.465 e. The molecule has 0 spiro atoms. The van der Waals surface area contributed by atoms with Crippen molar-refractivity contribution in [3.05, 3.63) is 77.6 Å². The number of esters is 1. The minimum absolute atomic E-state index is 0.276. The van der Waals surface area contributed by atoms with E-state index in [-0.39, 0.29) is 5.11 Å². The molecule has 2 heterocycles. The third-order valence-electron chi connectivity index (χ3n) is 5.67. The van der Waals surface area contributed by atoms with Crippen LogP contribution in [0.1, 0.15) is 21.7 Å². The van der Waals surface area contributed by atoms with Crippen LogP contribution in [-0.2, 0) is 4.74 Å². The maximum Gasteiger partial charge on any atom is 0.337 e. The van der Waals surface area contributed by atoms with E-state index in [1.165, 1.54) is 12.8 Å². The first kappa shape index (κ1) is 25.1. The van der Waals surface area contributed by atoms with Crippen molar-refractivity contribution < 1.29 is 9.53 Å². The van der Waals surface area contributed by atoms with Crippen LogP contribution in [0.3, 0.4) is 0 Å². The molecule has 1 aromatic heterocycles. The lowest BCUT2D eigenvalue weighted by atomic mass is 10.2. The average Bonchev–Trinajstić information content (AvgIpc) is 2.88. The summed E-state index contributed by atoms with van der Waals surface area (Å²) in [6.45, 7) is 7.05. The van der Waals surface area contributed by atoms with E-state index >= 15 is 0 Å². The van der Waals surface area contributed by atoms with Gasteiger partial charge in [-0.3, -0.25) is 5.32 Å². The second kappa shape index (κ2) is 11.6. The van der Waals surface area contributed by atoms with Crippen molar-refractivity contribution in [3.8, 4) is 0 Å². The quantitative estimate of drug-likeness (QED) is 0.238. The average molecular weight is 504 g/mol. The van der Waals surface area contributed by atoms with Gasteiger partial charge in [0, 0.05) is 48.9 Å². The molecule has 0 unspecified atom stereocenters. The molecule has 1 aliphatic rings. The highest BCUT2D eigenvalue weighted by atomic mass is 32.1. The van der Waals surface area contributed by atoms with Gasteiger partial charge in [0.15, 0.2) is 0 Å². The lowest BCUT2D eigenvalue weighted by Gasteiger charge is -2.37. The van der Waals surface area contributed by atoms with Gasteiger partial charge in [0.25, 0.3) is 0 Å². The van der Waals surface area contributed by atoms with Crippen molar-refractivity contribution in [1.82, 2.24) is 14.9 Å². The molecule has 0 aliphatic carbocycles. The van der Waals surface area contributed by atoms with Gasteiger partial charge in [-0.15, -0.1) is 0 Å². The van der Waals surface area contributed by atoms with Crippen LogP contribution >= 0.6 is 12.2 Å². The Balaban J connectivity index is 1.51. The molecule has 2 aromatic carbocycles. The molecule has 1 fully saturated rings. The number of aromatic nitrogens is 2. The molecule has 2 N–H and O–H groups in total. The Kier molecular flexibility index (Phi) is 8.06. The highest BCUT2D eigenvalue weighted by Gasteiger charge is 2.21. The minimum atomic E-state index is -0.392. The number of anilines is 3. The summed E-state index contributed by atoms with van der Waals surface area (Å²) in [5, 5.41) is 6.67. The zero-order valence-electron chi connectivity index (χ0n) is 20.6. The van der Waals surface area contributed by atoms with E-state index in [0.29, 0.717) is 23.2 Å². The van der Waals surface area contributed by atoms with Gasteiger partial charge in [-0.25, -0.2) is 14.8 Å². The number of hydrogen-bond acceptors (Lipinski definition) is 6. The van der Waals surface area contributed by atoms with E-state index in [1.807, 2.05) is 26.0 Å². The van der Waals surface area contributed by atoms with Gasteiger partial charge in [0.05, 0.1) is 12.7 Å². The maximum absolute atomic E-state index is 11.7. The zero-order chi connectivity index (χ0) is 25.5. The largest absolute Gasteiger partial charge is 0.465 e. The number of aryl methyl sites for hydroxylation is 2. The normalized spacial score (nSPS) is 13.8. The van der Waals surface area contributed by atoms with Gasteiger partial charge < -0.3 is 19.9 Å². The number of carbonyl (C=O) groups is 1. The second-order valence-corrected chi connectivity index (χ2v) is 8.73. The second-order valence-electron chi connectivity index (χ2n) is 8.34. The molecule has 0 amide bonds. The number of hydrogen-bond donors (Lipinski definition) is 2. The van der Waals surface area contributed by atoms with Crippen LogP contribution < -0.4 is 15.5 Å². The van der Waals surface area contributed by atoms with Gasteiger partial charge in [-0.05, 0) is 68.5 Å². The van der Waals surface area contributed by atoms with Gasteiger partial charge >= 0.3 is 5.97 Å². The molecule has 1 aliphatic heterocycles. The summed E-state index contributed by atoms with van der Waals surface area (Å²) in [4.78, 5) is 29.9. The standard InChI is InChI=1S/C26H29N7O2S/c1-18-17-19(2)28-24(27-18)30-25(33-15-13-32(14-16-33)22-7-5-4-6-8-22)31-26(36)29-21-11-9-20(10-12-21)23(34)35-3/h4-12,17H,13-16H2,1-3H3,(H2,27,28,29,30,31,36). The molecular formula is C26H29N7O2S. The number of para-hydroxylation sites is 1. The van der Waals surface area contributed by atoms with E-state index in [4.69, 9.17) is 17.0 Å². The van der Waals surface area contributed by atoms with Crippen LogP contribution in [0, 0.1) is 13.8 Å². The molecule has 0 bridgehead atoms. The van der Waals surface area contributed by atoms with E-state index in [0.717, 1.165) is 37.6 Å². The number of rotatable bonds is 4. The van der Waals surface area contributed by atoms with E-state index in [9.17, 15) is 4.79 Å². The first-order chi connectivity index (χ1) is 17.4. The maximum atomic E-state index is 11.7. The Morgan fingerprint density at radius 2 is 1.58 bits per heavy atom. The number of benzene rings is 2. The van der Waals surface area contributed by atoms with Crippen LogP contribution in [0.25, 0.3) is 0 Å². The number of carbonyl (C=O) groups excluding carboxylic acids is 1. The van der Waals surface area contributed by atoms with Crippen LogP contribution in [0.15, 0.2) is 65.7 Å². The fraction of sp³-hybridized carbons (Fsp3) is 0.269. The number of nitrogens with one attached hydrogen (secondary N) is 2. The van der Waals surface area contributed by atoms with Crippen LogP contribution in [0.2, 0.25) is 0 Å². The molecule has 0 radical (unpaired) electrons. The molecule has 9 nitrogen and oxygen atoms in total. The number of nitrogens with zero attached hydrogens (tertiary/aromatic N) is 5. The SMILES string of the molecule is COC(=O)c1ccc(NC(=S)/N=C(/Nc2nc(C)cc(C)n2)N2CCN(c3ccccc3)CC2)cc1. The highest BCUT2D eigenvalue weighted by Crippen LogP contribution is 2.17. The summed E-state index contributed by atoms with van der Waals surface area (Å²) >= 11 is 5.55. The van der Waals surface area contributed by atoms with Crippen LogP contribution in [-0.4, -0.2) is 65.2 Å². The summed E-state index contributed by atoms with van der Waals surface area (Å²) in [7, 11) is 1.35. The van der Waals surface area contributed by atoms with Crippen molar-refractivity contribution in [3.63, 3.8) is 0 Å². The van der Waals surface area contributed by atoms with Gasteiger partial charge in [0.1, 0.15) is 0 Å². The summed E-state index contributed by atoms with van der Waals surface area (Å²) in [6.07, 6.45) is 0. The Morgan fingerprint density at radius 1 is 0.944 bits per heavy atom. The molecule has 186 valence electrons. The lowest BCUT2D eigenvalue weighted by Crippen LogP contribution is -2.51. The topological polar surface area (TPSA) is 95.0 Å². The van der Waals surface area contributed by atoms with Crippen molar-refractivity contribution in [2.24, 2.45) is 4.99 Å². The Labute approximate surface area is 216 Å². The van der Waals surface area contributed by atoms with Crippen LogP contribution in [0.5, 0.6) is 0 Å². The molecular weight excluding hydrogens is 474 g/mol. The zero-order valence-corrected chi connectivity index (χ0v) is 21.4. The number of thiocarbonyl (C=S) groups is 1. The molecule has 36 heavy (non-hydrogen) atoms. The van der Waals surface area contributed by atoms with Crippen molar-refractivity contribution >= 4 is 46.6 Å². The molecule has 0 saturated carbocycles. The van der Waals surface area contributed by atoms with Gasteiger partial charge in [-0.1, -0.05) is 18.2 Å². The first-order valence-electron chi connectivity index (χ1n) is 11.6. The fourth-order valence-corrected chi connectivity index (χ4v) is 4.13. The van der Waals surface area contributed by atoms with E-state index < -0.39 is 5.97 Å². The Hall–Kier alpha value is -4.05. The highest BCUT2D eigenvalue weighted by molar-refractivity contribution is 7.80. The Morgan fingerprint density at radius 3 is 2.19 bits per heavy atom. The van der Waals surface area contributed by atoms with Crippen molar-refractivity contribution in [1.29, 1.82) is 0 Å². The molecule has 0 atom stereocenters. The predicted molar refractivity (Wildman–Crippen MR) is 147 cm³/mol.